The molecule has 0 heterocycles. The van der Waals surface area contributed by atoms with Crippen LogP contribution in [0.1, 0.15) is 24.8 Å². The first kappa shape index (κ1) is 18.1. The number of alkyl halides is 3. The molecule has 0 unspecified atom stereocenters. The molecular weight excluding hydrogens is 351 g/mol. The van der Waals surface area contributed by atoms with Crippen LogP contribution in [-0.2, 0) is 6.54 Å². The second-order valence-corrected chi connectivity index (χ2v) is 5.42. The van der Waals surface area contributed by atoms with Crippen LogP contribution in [0.5, 0.6) is 11.5 Å². The van der Waals surface area contributed by atoms with Crippen molar-refractivity contribution in [2.45, 2.75) is 32.0 Å². The fraction of sp³-hybridized carbons (Fsp3) is 0.571. The van der Waals surface area contributed by atoms with E-state index in [1.165, 1.54) is 0 Å². The van der Waals surface area contributed by atoms with E-state index in [9.17, 15) is 13.2 Å². The Labute approximate surface area is 130 Å². The standard InChI is InChI=1S/C14H19BrF3NO2/c1-20-12-8-10(7-11(15)13(12)21-2)9-19-6-4-3-5-14(16,17)18/h7-8,19H,3-6,9H2,1-2H3. The topological polar surface area (TPSA) is 30.5 Å². The fourth-order valence-corrected chi connectivity index (χ4v) is 2.53. The summed E-state index contributed by atoms with van der Waals surface area (Å²) in [4.78, 5) is 0. The van der Waals surface area contributed by atoms with Gasteiger partial charge in [-0.05, 0) is 53.0 Å². The monoisotopic (exact) mass is 369 g/mol. The number of ether oxygens (including phenoxy) is 2. The van der Waals surface area contributed by atoms with Gasteiger partial charge < -0.3 is 14.8 Å². The largest absolute Gasteiger partial charge is 0.493 e. The van der Waals surface area contributed by atoms with Crippen molar-refractivity contribution >= 4 is 15.9 Å². The van der Waals surface area contributed by atoms with E-state index >= 15 is 0 Å². The number of unbranched alkanes of at least 4 members (excludes halogenated alkanes) is 1. The van der Waals surface area contributed by atoms with Crippen LogP contribution in [0, 0.1) is 0 Å². The lowest BCUT2D eigenvalue weighted by atomic mass is 10.2. The molecule has 0 aliphatic carbocycles. The van der Waals surface area contributed by atoms with E-state index in [0.717, 1.165) is 10.0 Å². The highest BCUT2D eigenvalue weighted by Crippen LogP contribution is 2.36. The SMILES string of the molecule is COc1cc(CNCCCCC(F)(F)F)cc(Br)c1OC. The molecule has 0 saturated heterocycles. The lowest BCUT2D eigenvalue weighted by Gasteiger charge is -2.12. The lowest BCUT2D eigenvalue weighted by Crippen LogP contribution is -2.16. The molecule has 0 fully saturated rings. The lowest BCUT2D eigenvalue weighted by molar-refractivity contribution is -0.135. The molecule has 0 amide bonds. The van der Waals surface area contributed by atoms with E-state index in [1.807, 2.05) is 12.1 Å². The summed E-state index contributed by atoms with van der Waals surface area (Å²) in [5, 5.41) is 3.12. The van der Waals surface area contributed by atoms with Crippen molar-refractivity contribution in [3.05, 3.63) is 22.2 Å². The number of benzene rings is 1. The summed E-state index contributed by atoms with van der Waals surface area (Å²) in [5.41, 5.74) is 0.968. The van der Waals surface area contributed by atoms with Crippen molar-refractivity contribution < 1.29 is 22.6 Å². The van der Waals surface area contributed by atoms with Gasteiger partial charge in [0, 0.05) is 13.0 Å². The summed E-state index contributed by atoms with van der Waals surface area (Å²) in [5.74, 6) is 1.23. The summed E-state index contributed by atoms with van der Waals surface area (Å²) in [6.45, 7) is 1.10. The summed E-state index contributed by atoms with van der Waals surface area (Å²) in [6, 6.07) is 3.73. The average molecular weight is 370 g/mol. The minimum absolute atomic E-state index is 0.145. The normalized spacial score (nSPS) is 11.5. The van der Waals surface area contributed by atoms with Crippen molar-refractivity contribution in [1.29, 1.82) is 0 Å². The number of halogens is 4. The molecule has 1 rings (SSSR count). The molecule has 0 bridgehead atoms. The number of hydrogen-bond acceptors (Lipinski definition) is 3. The van der Waals surface area contributed by atoms with Gasteiger partial charge in [-0.2, -0.15) is 13.2 Å². The molecule has 120 valence electrons. The third-order valence-corrected chi connectivity index (χ3v) is 3.48. The van der Waals surface area contributed by atoms with Crippen LogP contribution < -0.4 is 14.8 Å². The Morgan fingerprint density at radius 3 is 2.43 bits per heavy atom. The maximum absolute atomic E-state index is 12.0. The van der Waals surface area contributed by atoms with Crippen LogP contribution in [-0.4, -0.2) is 26.9 Å². The van der Waals surface area contributed by atoms with Crippen molar-refractivity contribution in [2.75, 3.05) is 20.8 Å². The second kappa shape index (κ2) is 8.48. The van der Waals surface area contributed by atoms with Crippen LogP contribution in [0.15, 0.2) is 16.6 Å². The highest BCUT2D eigenvalue weighted by molar-refractivity contribution is 9.10. The number of rotatable bonds is 8. The van der Waals surface area contributed by atoms with Crippen molar-refractivity contribution in [3.63, 3.8) is 0 Å². The molecule has 21 heavy (non-hydrogen) atoms. The van der Waals surface area contributed by atoms with E-state index in [2.05, 4.69) is 21.2 Å². The van der Waals surface area contributed by atoms with E-state index in [-0.39, 0.29) is 6.42 Å². The zero-order valence-corrected chi connectivity index (χ0v) is 13.6. The van der Waals surface area contributed by atoms with E-state index in [0.29, 0.717) is 31.0 Å². The number of hydrogen-bond donors (Lipinski definition) is 1. The predicted octanol–water partition coefficient (Wildman–Crippen LogP) is 4.29. The van der Waals surface area contributed by atoms with Crippen LogP contribution >= 0.6 is 15.9 Å². The Balaban J connectivity index is 2.41. The van der Waals surface area contributed by atoms with Gasteiger partial charge in [0.25, 0.3) is 0 Å². The van der Waals surface area contributed by atoms with Gasteiger partial charge in [0.05, 0.1) is 18.7 Å². The first-order valence-electron chi connectivity index (χ1n) is 6.55. The fourth-order valence-electron chi connectivity index (χ4n) is 1.88. The van der Waals surface area contributed by atoms with Crippen LogP contribution in [0.25, 0.3) is 0 Å². The van der Waals surface area contributed by atoms with Gasteiger partial charge in [-0.3, -0.25) is 0 Å². The molecule has 0 saturated carbocycles. The minimum Gasteiger partial charge on any atom is -0.493 e. The van der Waals surface area contributed by atoms with Crippen molar-refractivity contribution in [1.82, 2.24) is 5.32 Å². The highest BCUT2D eigenvalue weighted by atomic mass is 79.9. The summed E-state index contributed by atoms with van der Waals surface area (Å²) in [7, 11) is 3.11. The second-order valence-electron chi connectivity index (χ2n) is 4.56. The summed E-state index contributed by atoms with van der Waals surface area (Å²) >= 11 is 3.40. The van der Waals surface area contributed by atoms with Gasteiger partial charge in [0.15, 0.2) is 11.5 Å². The first-order valence-corrected chi connectivity index (χ1v) is 7.34. The Kier molecular flexibility index (Phi) is 7.31. The molecule has 1 aromatic carbocycles. The molecule has 0 atom stereocenters. The molecule has 3 nitrogen and oxygen atoms in total. The zero-order valence-electron chi connectivity index (χ0n) is 12.0. The number of methoxy groups -OCH3 is 2. The number of nitrogens with one attached hydrogen (secondary N) is 1. The Hall–Kier alpha value is -0.950. The van der Waals surface area contributed by atoms with Crippen LogP contribution in [0.2, 0.25) is 0 Å². The van der Waals surface area contributed by atoms with Crippen LogP contribution in [0.4, 0.5) is 13.2 Å². The first-order chi connectivity index (χ1) is 9.87. The van der Waals surface area contributed by atoms with Gasteiger partial charge >= 0.3 is 6.18 Å². The summed E-state index contributed by atoms with van der Waals surface area (Å²) in [6.07, 6.45) is -4.15. The average Bonchev–Trinajstić information content (AvgIpc) is 2.40. The van der Waals surface area contributed by atoms with Gasteiger partial charge in [-0.15, -0.1) is 0 Å². The van der Waals surface area contributed by atoms with E-state index in [1.54, 1.807) is 14.2 Å². The Morgan fingerprint density at radius 2 is 1.86 bits per heavy atom. The van der Waals surface area contributed by atoms with Crippen molar-refractivity contribution in [3.8, 4) is 11.5 Å². The Morgan fingerprint density at radius 1 is 1.14 bits per heavy atom. The van der Waals surface area contributed by atoms with Gasteiger partial charge in [-0.25, -0.2) is 0 Å². The molecule has 1 N–H and O–H groups in total. The smallest absolute Gasteiger partial charge is 0.389 e. The van der Waals surface area contributed by atoms with E-state index < -0.39 is 12.6 Å². The molecule has 0 aliphatic rings. The van der Waals surface area contributed by atoms with Gasteiger partial charge in [-0.1, -0.05) is 0 Å². The maximum Gasteiger partial charge on any atom is 0.389 e. The molecule has 7 heteroatoms. The third-order valence-electron chi connectivity index (χ3n) is 2.89. The van der Waals surface area contributed by atoms with E-state index in [4.69, 9.17) is 9.47 Å². The predicted molar refractivity (Wildman–Crippen MR) is 78.9 cm³/mol. The molecule has 0 aliphatic heterocycles. The van der Waals surface area contributed by atoms with Gasteiger partial charge in [0.1, 0.15) is 0 Å². The molecule has 1 aromatic rings. The molecule has 0 radical (unpaired) electrons. The maximum atomic E-state index is 12.0. The third kappa shape index (κ3) is 6.56. The highest BCUT2D eigenvalue weighted by Gasteiger charge is 2.25. The summed E-state index contributed by atoms with van der Waals surface area (Å²) < 4.78 is 47.2. The van der Waals surface area contributed by atoms with Gasteiger partial charge in [0.2, 0.25) is 0 Å². The Bertz CT molecular complexity index is 453. The molecule has 0 aromatic heterocycles. The van der Waals surface area contributed by atoms with Crippen molar-refractivity contribution in [2.24, 2.45) is 0 Å². The minimum atomic E-state index is -4.06. The van der Waals surface area contributed by atoms with Crippen LogP contribution in [0.3, 0.4) is 0 Å². The molecule has 0 spiro atoms. The zero-order chi connectivity index (χ0) is 15.9. The molecular formula is C14H19BrF3NO2. The quantitative estimate of drug-likeness (QED) is 0.693.